The largest absolute Gasteiger partial charge is 0.369 e. The van der Waals surface area contributed by atoms with Crippen molar-refractivity contribution in [2.24, 2.45) is 0 Å². The van der Waals surface area contributed by atoms with Gasteiger partial charge in [0.1, 0.15) is 0 Å². The summed E-state index contributed by atoms with van der Waals surface area (Å²) >= 11 is 6.33. The average Bonchev–Trinajstić information content (AvgIpc) is 2.73. The molecule has 0 radical (unpaired) electrons. The van der Waals surface area contributed by atoms with E-state index in [0.717, 1.165) is 25.2 Å². The van der Waals surface area contributed by atoms with Crippen molar-refractivity contribution in [3.8, 4) is 0 Å². The number of likely N-dealkylation sites (N-methyl/N-ethyl adjacent to an activating group) is 1. The summed E-state index contributed by atoms with van der Waals surface area (Å²) in [5, 5.41) is 3.13. The van der Waals surface area contributed by atoms with E-state index in [1.54, 1.807) is 6.07 Å². The van der Waals surface area contributed by atoms with Crippen LogP contribution in [0.3, 0.4) is 0 Å². The van der Waals surface area contributed by atoms with Gasteiger partial charge in [-0.1, -0.05) is 11.6 Å². The molecule has 0 aromatic heterocycles. The predicted octanol–water partition coefficient (Wildman–Crippen LogP) is 2.01. The van der Waals surface area contributed by atoms with Gasteiger partial charge >= 0.3 is 0 Å². The number of benzene rings is 1. The van der Waals surface area contributed by atoms with Crippen LogP contribution >= 0.6 is 11.6 Å². The molecule has 0 aliphatic carbocycles. The third-order valence-corrected chi connectivity index (χ3v) is 4.56. The number of fused-ring (bicyclic) bond motifs is 1. The first-order valence-electron chi connectivity index (χ1n) is 7.08. The molecular weight excluding hydrogens is 290 g/mol. The second kappa shape index (κ2) is 5.31. The summed E-state index contributed by atoms with van der Waals surface area (Å²) in [7, 11) is 4.16. The van der Waals surface area contributed by atoms with E-state index in [9.17, 15) is 9.59 Å². The zero-order chi connectivity index (χ0) is 15.1. The van der Waals surface area contributed by atoms with E-state index >= 15 is 0 Å². The number of rotatable bonds is 2. The number of hydrogen-bond donors (Lipinski definition) is 1. The van der Waals surface area contributed by atoms with E-state index in [-0.39, 0.29) is 0 Å². The highest BCUT2D eigenvalue weighted by Crippen LogP contribution is 2.36. The van der Waals surface area contributed by atoms with Gasteiger partial charge < -0.3 is 15.1 Å². The molecule has 6 heteroatoms. The Morgan fingerprint density at radius 1 is 1.33 bits per heavy atom. The van der Waals surface area contributed by atoms with Crippen LogP contribution in [0.2, 0.25) is 5.02 Å². The van der Waals surface area contributed by atoms with Gasteiger partial charge in [-0.3, -0.25) is 9.59 Å². The molecule has 2 aliphatic heterocycles. The Morgan fingerprint density at radius 3 is 2.81 bits per heavy atom. The first kappa shape index (κ1) is 14.4. The highest BCUT2D eigenvalue weighted by atomic mass is 35.5. The molecule has 2 heterocycles. The van der Waals surface area contributed by atoms with Crippen molar-refractivity contribution in [2.75, 3.05) is 37.4 Å². The van der Waals surface area contributed by atoms with E-state index in [4.69, 9.17) is 11.6 Å². The summed E-state index contributed by atoms with van der Waals surface area (Å²) in [6, 6.07) is 3.91. The molecule has 0 bridgehead atoms. The lowest BCUT2D eigenvalue weighted by Crippen LogP contribution is -2.45. The highest BCUT2D eigenvalue weighted by molar-refractivity contribution is 6.52. The summed E-state index contributed by atoms with van der Waals surface area (Å²) < 4.78 is 0. The van der Waals surface area contributed by atoms with Crippen molar-refractivity contribution in [3.63, 3.8) is 0 Å². The van der Waals surface area contributed by atoms with E-state index in [2.05, 4.69) is 29.2 Å². The zero-order valence-corrected chi connectivity index (χ0v) is 12.9. The lowest BCUT2D eigenvalue weighted by molar-refractivity contribution is -0.112. The van der Waals surface area contributed by atoms with E-state index in [1.165, 1.54) is 6.42 Å². The number of nitrogens with zero attached hydrogens (tertiary/aromatic N) is 2. The summed E-state index contributed by atoms with van der Waals surface area (Å²) in [6.07, 6.45) is 2.27. The second-order valence-corrected chi connectivity index (χ2v) is 6.25. The number of amides is 1. The number of hydrogen-bond acceptors (Lipinski definition) is 4. The third-order valence-electron chi connectivity index (χ3n) is 4.25. The normalized spacial score (nSPS) is 21.7. The summed E-state index contributed by atoms with van der Waals surface area (Å²) in [4.78, 5) is 27.6. The molecule has 21 heavy (non-hydrogen) atoms. The molecule has 1 aromatic rings. The Balaban J connectivity index is 1.91. The highest BCUT2D eigenvalue weighted by Gasteiger charge is 2.31. The number of ketones is 1. The van der Waals surface area contributed by atoms with Crippen molar-refractivity contribution in [1.82, 2.24) is 4.90 Å². The Bertz CT molecular complexity index is 615. The number of carbonyl (C=O) groups excluding carboxylic acids is 2. The van der Waals surface area contributed by atoms with Crippen LogP contribution in [-0.2, 0) is 4.79 Å². The maximum Gasteiger partial charge on any atom is 0.296 e. The van der Waals surface area contributed by atoms with Crippen LogP contribution in [0.25, 0.3) is 0 Å². The predicted molar refractivity (Wildman–Crippen MR) is 83.3 cm³/mol. The Labute approximate surface area is 128 Å². The van der Waals surface area contributed by atoms with Crippen molar-refractivity contribution < 1.29 is 9.59 Å². The van der Waals surface area contributed by atoms with Gasteiger partial charge in [0.2, 0.25) is 0 Å². The third kappa shape index (κ3) is 2.51. The summed E-state index contributed by atoms with van der Waals surface area (Å²) in [5.74, 6) is -1.09. The maximum absolute atomic E-state index is 11.7. The van der Waals surface area contributed by atoms with Crippen LogP contribution < -0.4 is 10.2 Å². The molecule has 1 N–H and O–H groups in total. The van der Waals surface area contributed by atoms with Gasteiger partial charge in [-0.05, 0) is 39.1 Å². The Morgan fingerprint density at radius 2 is 2.10 bits per heavy atom. The number of anilines is 2. The Hall–Kier alpha value is -1.59. The quantitative estimate of drug-likeness (QED) is 0.849. The van der Waals surface area contributed by atoms with Gasteiger partial charge in [0.25, 0.3) is 11.7 Å². The number of piperidine rings is 1. The van der Waals surface area contributed by atoms with Gasteiger partial charge in [-0.15, -0.1) is 0 Å². The maximum atomic E-state index is 11.7. The van der Waals surface area contributed by atoms with Crippen LogP contribution in [0.5, 0.6) is 0 Å². The monoisotopic (exact) mass is 307 g/mol. The average molecular weight is 308 g/mol. The smallest absolute Gasteiger partial charge is 0.296 e. The minimum Gasteiger partial charge on any atom is -0.369 e. The van der Waals surface area contributed by atoms with Crippen molar-refractivity contribution >= 4 is 34.7 Å². The first-order chi connectivity index (χ1) is 9.97. The molecule has 1 atom stereocenters. The minimum atomic E-state index is -0.581. The van der Waals surface area contributed by atoms with Crippen LogP contribution in [0.4, 0.5) is 11.4 Å². The zero-order valence-electron chi connectivity index (χ0n) is 12.1. The molecule has 1 fully saturated rings. The van der Waals surface area contributed by atoms with Crippen LogP contribution in [-0.4, -0.2) is 49.8 Å². The number of Topliss-reactive ketones (excluding diaryl/α,β-unsaturated/α-hetero) is 1. The van der Waals surface area contributed by atoms with Crippen LogP contribution in [0.15, 0.2) is 12.1 Å². The fraction of sp³-hybridized carbons (Fsp3) is 0.467. The molecule has 1 saturated heterocycles. The molecule has 5 nitrogen and oxygen atoms in total. The number of halogens is 1. The number of nitrogens with one attached hydrogen (secondary N) is 1. The topological polar surface area (TPSA) is 52.7 Å². The molecule has 1 amide bonds. The second-order valence-electron chi connectivity index (χ2n) is 5.84. The van der Waals surface area contributed by atoms with Crippen molar-refractivity contribution in [3.05, 3.63) is 22.7 Å². The fourth-order valence-electron chi connectivity index (χ4n) is 2.99. The molecule has 3 rings (SSSR count). The molecular formula is C15H18ClN3O2. The van der Waals surface area contributed by atoms with Gasteiger partial charge in [-0.25, -0.2) is 0 Å². The van der Waals surface area contributed by atoms with Crippen LogP contribution in [0.1, 0.15) is 23.2 Å². The molecule has 2 aliphatic rings. The molecule has 0 saturated carbocycles. The van der Waals surface area contributed by atoms with Gasteiger partial charge in [-0.2, -0.15) is 0 Å². The summed E-state index contributed by atoms with van der Waals surface area (Å²) in [5.41, 5.74) is 1.82. The first-order valence-corrected chi connectivity index (χ1v) is 7.46. The molecule has 0 spiro atoms. The summed E-state index contributed by atoms with van der Waals surface area (Å²) in [6.45, 7) is 1.83. The van der Waals surface area contributed by atoms with E-state index in [1.807, 2.05) is 6.07 Å². The molecule has 112 valence electrons. The minimum absolute atomic E-state index is 0.370. The molecule has 1 unspecified atom stereocenters. The fourth-order valence-corrected chi connectivity index (χ4v) is 3.28. The Kier molecular flexibility index (Phi) is 3.63. The van der Waals surface area contributed by atoms with Crippen molar-refractivity contribution in [2.45, 2.75) is 18.9 Å². The van der Waals surface area contributed by atoms with Crippen molar-refractivity contribution in [1.29, 1.82) is 0 Å². The lowest BCUT2D eigenvalue weighted by atomic mass is 10.0. The SMILES string of the molecule is CN(C)C1CCCN(c2cc3c(cc2Cl)C(=O)C(=O)N3)C1. The lowest BCUT2D eigenvalue weighted by Gasteiger charge is -2.38. The molecule has 1 aromatic carbocycles. The standard InChI is InChI=1S/C15H18ClN3O2/c1-18(2)9-4-3-5-19(8-9)13-7-12-10(6-11(13)16)14(20)15(21)17-12/h6-7,9H,3-5,8H2,1-2H3,(H,17,20,21). The van der Waals surface area contributed by atoms with E-state index < -0.39 is 11.7 Å². The van der Waals surface area contributed by atoms with Gasteiger partial charge in [0.05, 0.1) is 22.0 Å². The van der Waals surface area contributed by atoms with Gasteiger partial charge in [0.15, 0.2) is 0 Å². The number of carbonyl (C=O) groups is 2. The van der Waals surface area contributed by atoms with Crippen LogP contribution in [0, 0.1) is 0 Å². The van der Waals surface area contributed by atoms with E-state index in [0.29, 0.717) is 22.3 Å². The van der Waals surface area contributed by atoms with Gasteiger partial charge in [0, 0.05) is 19.1 Å².